The van der Waals surface area contributed by atoms with Crippen LogP contribution in [0.5, 0.6) is 11.5 Å². The van der Waals surface area contributed by atoms with Crippen LogP contribution >= 0.6 is 39.9 Å². The Morgan fingerprint density at radius 3 is 2.96 bits per heavy atom. The maximum atomic E-state index is 6.08. The zero-order valence-corrected chi connectivity index (χ0v) is 17.8. The maximum absolute atomic E-state index is 6.08. The molecule has 2 aromatic carbocycles. The summed E-state index contributed by atoms with van der Waals surface area (Å²) in [4.78, 5) is 4.45. The van der Waals surface area contributed by atoms with E-state index < -0.39 is 0 Å². The van der Waals surface area contributed by atoms with E-state index >= 15 is 0 Å². The molecule has 134 valence electrons. The average Bonchev–Trinajstić information content (AvgIpc) is 2.60. The molecule has 1 aliphatic heterocycles. The van der Waals surface area contributed by atoms with Gasteiger partial charge in [0.2, 0.25) is 0 Å². The first-order valence-electron chi connectivity index (χ1n) is 7.78. The van der Waals surface area contributed by atoms with Gasteiger partial charge >= 0.3 is 0 Å². The Kier molecular flexibility index (Phi) is 7.37. The summed E-state index contributed by atoms with van der Waals surface area (Å²) in [6.45, 7) is 1.12. The average molecular weight is 518 g/mol. The van der Waals surface area contributed by atoms with Crippen molar-refractivity contribution in [2.75, 3.05) is 13.7 Å². The van der Waals surface area contributed by atoms with E-state index in [0.29, 0.717) is 19.1 Å². The first-order valence-corrected chi connectivity index (χ1v) is 8.57. The molecule has 1 aliphatic rings. The summed E-state index contributed by atoms with van der Waals surface area (Å²) in [5.74, 6) is 2.12. The molecule has 7 heteroatoms. The smallest absolute Gasteiger partial charge is 0.189 e. The van der Waals surface area contributed by atoms with Gasteiger partial charge in [-0.1, -0.05) is 34.1 Å². The van der Waals surface area contributed by atoms with Gasteiger partial charge in [-0.25, -0.2) is 4.99 Å². The monoisotopic (exact) mass is 517 g/mol. The van der Waals surface area contributed by atoms with Gasteiger partial charge in [-0.15, -0.1) is 24.0 Å². The second kappa shape index (κ2) is 9.28. The molecule has 0 fully saturated rings. The van der Waals surface area contributed by atoms with E-state index in [9.17, 15) is 0 Å². The minimum Gasteiger partial charge on any atom is -0.496 e. The lowest BCUT2D eigenvalue weighted by molar-refractivity contribution is 0.262. The van der Waals surface area contributed by atoms with Gasteiger partial charge in [0.05, 0.1) is 26.3 Å². The first-order chi connectivity index (χ1) is 11.7. The van der Waals surface area contributed by atoms with E-state index in [1.54, 1.807) is 7.11 Å². The lowest BCUT2D eigenvalue weighted by atomic mass is 10.0. The predicted octanol–water partition coefficient (Wildman–Crippen LogP) is 4.00. The molecule has 0 amide bonds. The van der Waals surface area contributed by atoms with Crippen molar-refractivity contribution in [3.05, 3.63) is 58.1 Å². The zero-order valence-electron chi connectivity index (χ0n) is 13.9. The number of benzene rings is 2. The number of hydrogen-bond acceptors (Lipinski definition) is 3. The fourth-order valence-corrected chi connectivity index (χ4v) is 3.17. The maximum Gasteiger partial charge on any atom is 0.189 e. The largest absolute Gasteiger partial charge is 0.496 e. The number of guanidine groups is 1. The van der Waals surface area contributed by atoms with E-state index in [-0.39, 0.29) is 30.0 Å². The number of fused-ring (bicyclic) bond motifs is 1. The molecule has 3 rings (SSSR count). The molecule has 25 heavy (non-hydrogen) atoms. The molecule has 0 spiro atoms. The SMILES string of the molecule is COc1ccc(Br)cc1CN=C(N)NC1CCOc2ccccc21.I. The molecule has 1 unspecified atom stereocenters. The van der Waals surface area contributed by atoms with Crippen molar-refractivity contribution in [3.63, 3.8) is 0 Å². The third kappa shape index (κ3) is 5.01. The van der Waals surface area contributed by atoms with Gasteiger partial charge in [0, 0.05) is 22.0 Å². The number of nitrogens with zero attached hydrogens (tertiary/aromatic N) is 1. The third-order valence-corrected chi connectivity index (χ3v) is 4.44. The summed E-state index contributed by atoms with van der Waals surface area (Å²) in [5, 5.41) is 3.29. The van der Waals surface area contributed by atoms with E-state index in [1.807, 2.05) is 36.4 Å². The highest BCUT2D eigenvalue weighted by molar-refractivity contribution is 14.0. The highest BCUT2D eigenvalue weighted by Gasteiger charge is 2.21. The molecule has 1 atom stereocenters. The van der Waals surface area contributed by atoms with Crippen LogP contribution < -0.4 is 20.5 Å². The normalized spacial score (nSPS) is 16.2. The van der Waals surface area contributed by atoms with Crippen molar-refractivity contribution in [1.29, 1.82) is 0 Å². The van der Waals surface area contributed by atoms with Crippen LogP contribution in [0.1, 0.15) is 23.6 Å². The number of hydrogen-bond donors (Lipinski definition) is 2. The van der Waals surface area contributed by atoms with Crippen molar-refractivity contribution in [3.8, 4) is 11.5 Å². The minimum atomic E-state index is 0. The standard InChI is InChI=1S/C18H20BrN3O2.HI/c1-23-16-7-6-13(19)10-12(16)11-21-18(20)22-15-8-9-24-17-5-3-2-4-14(15)17;/h2-7,10,15H,8-9,11H2,1H3,(H3,20,21,22);1H. The van der Waals surface area contributed by atoms with Gasteiger partial charge in [-0.05, 0) is 24.3 Å². The number of para-hydroxylation sites is 1. The number of aliphatic imine (C=N–C) groups is 1. The lowest BCUT2D eigenvalue weighted by Gasteiger charge is -2.26. The van der Waals surface area contributed by atoms with Gasteiger partial charge in [0.1, 0.15) is 11.5 Å². The van der Waals surface area contributed by atoms with Crippen LogP contribution in [-0.4, -0.2) is 19.7 Å². The Labute approximate surface area is 173 Å². The van der Waals surface area contributed by atoms with Crippen molar-refractivity contribution in [2.45, 2.75) is 19.0 Å². The molecule has 0 saturated carbocycles. The molecule has 0 saturated heterocycles. The van der Waals surface area contributed by atoms with Gasteiger partial charge in [-0.3, -0.25) is 0 Å². The Hall–Kier alpha value is -1.48. The molecular weight excluding hydrogens is 497 g/mol. The first kappa shape index (κ1) is 19.8. The molecule has 3 N–H and O–H groups in total. The molecule has 0 radical (unpaired) electrons. The Morgan fingerprint density at radius 1 is 1.36 bits per heavy atom. The van der Waals surface area contributed by atoms with E-state index in [2.05, 4.69) is 32.3 Å². The molecule has 2 aromatic rings. The van der Waals surface area contributed by atoms with E-state index in [1.165, 1.54) is 0 Å². The summed E-state index contributed by atoms with van der Waals surface area (Å²) in [7, 11) is 1.65. The fraction of sp³-hybridized carbons (Fsp3) is 0.278. The van der Waals surface area contributed by atoms with Crippen molar-refractivity contribution >= 4 is 45.9 Å². The van der Waals surface area contributed by atoms with Crippen molar-refractivity contribution in [2.24, 2.45) is 10.7 Å². The Bertz CT molecular complexity index is 755. The topological polar surface area (TPSA) is 68.9 Å². The number of methoxy groups -OCH3 is 1. The Balaban J connectivity index is 0.00000225. The summed E-state index contributed by atoms with van der Waals surface area (Å²) in [5.41, 5.74) is 8.17. The summed E-state index contributed by atoms with van der Waals surface area (Å²) >= 11 is 3.47. The fourth-order valence-electron chi connectivity index (χ4n) is 2.76. The van der Waals surface area contributed by atoms with Gasteiger partial charge in [0.25, 0.3) is 0 Å². The molecule has 0 aliphatic carbocycles. The van der Waals surface area contributed by atoms with Crippen molar-refractivity contribution in [1.82, 2.24) is 5.32 Å². The Morgan fingerprint density at radius 2 is 2.16 bits per heavy atom. The van der Waals surface area contributed by atoms with Crippen LogP contribution in [0.2, 0.25) is 0 Å². The zero-order chi connectivity index (χ0) is 16.9. The second-order valence-electron chi connectivity index (χ2n) is 5.53. The van der Waals surface area contributed by atoms with Crippen LogP contribution in [0.15, 0.2) is 51.9 Å². The number of nitrogens with one attached hydrogen (secondary N) is 1. The lowest BCUT2D eigenvalue weighted by Crippen LogP contribution is -2.37. The quantitative estimate of drug-likeness (QED) is 0.365. The van der Waals surface area contributed by atoms with Crippen LogP contribution in [0.25, 0.3) is 0 Å². The van der Waals surface area contributed by atoms with Gasteiger partial charge in [-0.2, -0.15) is 0 Å². The van der Waals surface area contributed by atoms with Crippen molar-refractivity contribution < 1.29 is 9.47 Å². The molecule has 0 bridgehead atoms. The van der Waals surface area contributed by atoms with Gasteiger partial charge in [0.15, 0.2) is 5.96 Å². The number of ether oxygens (including phenoxy) is 2. The number of nitrogens with two attached hydrogens (primary N) is 1. The number of halogens is 2. The van der Waals surface area contributed by atoms with E-state index in [4.69, 9.17) is 15.2 Å². The molecular formula is C18H21BrIN3O2. The summed E-state index contributed by atoms with van der Waals surface area (Å²) < 4.78 is 12.0. The van der Waals surface area contributed by atoms with Crippen LogP contribution in [0, 0.1) is 0 Å². The molecule has 1 heterocycles. The highest BCUT2D eigenvalue weighted by atomic mass is 127. The molecule has 0 aromatic heterocycles. The summed E-state index contributed by atoms with van der Waals surface area (Å²) in [6, 6.07) is 13.9. The minimum absolute atomic E-state index is 0. The van der Waals surface area contributed by atoms with Gasteiger partial charge < -0.3 is 20.5 Å². The van der Waals surface area contributed by atoms with Crippen LogP contribution in [0.3, 0.4) is 0 Å². The predicted molar refractivity (Wildman–Crippen MR) is 114 cm³/mol. The second-order valence-corrected chi connectivity index (χ2v) is 6.45. The van der Waals surface area contributed by atoms with Crippen LogP contribution in [0.4, 0.5) is 0 Å². The highest BCUT2D eigenvalue weighted by Crippen LogP contribution is 2.31. The summed E-state index contributed by atoms with van der Waals surface area (Å²) in [6.07, 6.45) is 0.855. The van der Waals surface area contributed by atoms with Crippen LogP contribution in [-0.2, 0) is 6.54 Å². The van der Waals surface area contributed by atoms with E-state index in [0.717, 1.165) is 33.5 Å². The number of rotatable bonds is 4. The molecule has 5 nitrogen and oxygen atoms in total. The third-order valence-electron chi connectivity index (χ3n) is 3.94.